The molecule has 0 heterocycles. The summed E-state index contributed by atoms with van der Waals surface area (Å²) in [5.74, 6) is 2.84. The van der Waals surface area contributed by atoms with Crippen LogP contribution < -0.4 is 5.32 Å². The molecule has 102 valence electrons. The molecule has 0 saturated heterocycles. The molecule has 1 aliphatic rings. The summed E-state index contributed by atoms with van der Waals surface area (Å²) in [7, 11) is 0. The molecular weight excluding hydrogens is 206 g/mol. The molecule has 0 bridgehead atoms. The fourth-order valence-electron chi connectivity index (χ4n) is 3.22. The van der Waals surface area contributed by atoms with Crippen molar-refractivity contribution in [2.75, 3.05) is 13.1 Å². The van der Waals surface area contributed by atoms with E-state index >= 15 is 0 Å². The van der Waals surface area contributed by atoms with E-state index in [2.05, 4.69) is 26.1 Å². The molecule has 1 heteroatoms. The summed E-state index contributed by atoms with van der Waals surface area (Å²) in [6.07, 6.45) is 11.6. The van der Waals surface area contributed by atoms with Crippen molar-refractivity contribution in [3.8, 4) is 0 Å². The molecule has 1 N–H and O–H groups in total. The molecule has 17 heavy (non-hydrogen) atoms. The van der Waals surface area contributed by atoms with Crippen LogP contribution in [0, 0.1) is 17.8 Å². The van der Waals surface area contributed by atoms with Crippen LogP contribution in [0.25, 0.3) is 0 Å². The normalized spacial score (nSPS) is 19.1. The van der Waals surface area contributed by atoms with Crippen molar-refractivity contribution in [2.24, 2.45) is 17.8 Å². The van der Waals surface area contributed by atoms with Gasteiger partial charge in [-0.05, 0) is 50.1 Å². The highest BCUT2D eigenvalue weighted by atomic mass is 14.8. The molecule has 1 nitrogen and oxygen atoms in total. The minimum Gasteiger partial charge on any atom is -0.316 e. The Balaban J connectivity index is 2.18. The highest BCUT2D eigenvalue weighted by Crippen LogP contribution is 2.30. The maximum absolute atomic E-state index is 3.62. The van der Waals surface area contributed by atoms with E-state index in [1.165, 1.54) is 64.5 Å². The molecule has 0 aromatic rings. The molecule has 0 spiro atoms. The van der Waals surface area contributed by atoms with Crippen LogP contribution in [-0.2, 0) is 0 Å². The molecule has 1 fully saturated rings. The second-order valence-corrected chi connectivity index (χ2v) is 6.43. The summed E-state index contributed by atoms with van der Waals surface area (Å²) in [6.45, 7) is 9.42. The van der Waals surface area contributed by atoms with Gasteiger partial charge in [0.2, 0.25) is 0 Å². The van der Waals surface area contributed by atoms with Gasteiger partial charge in [0.15, 0.2) is 0 Å². The molecule has 0 amide bonds. The lowest BCUT2D eigenvalue weighted by molar-refractivity contribution is 0.331. The average molecular weight is 239 g/mol. The van der Waals surface area contributed by atoms with Gasteiger partial charge < -0.3 is 5.32 Å². The Kier molecular flexibility index (Phi) is 7.92. The maximum Gasteiger partial charge on any atom is -0.00204 e. The predicted molar refractivity (Wildman–Crippen MR) is 77.3 cm³/mol. The summed E-state index contributed by atoms with van der Waals surface area (Å²) >= 11 is 0. The molecule has 0 aliphatic heterocycles. The van der Waals surface area contributed by atoms with E-state index in [0.29, 0.717) is 0 Å². The van der Waals surface area contributed by atoms with Crippen molar-refractivity contribution in [3.05, 3.63) is 0 Å². The largest absolute Gasteiger partial charge is 0.316 e. The Bertz CT molecular complexity index is 170. The van der Waals surface area contributed by atoms with Gasteiger partial charge in [-0.2, -0.15) is 0 Å². The van der Waals surface area contributed by atoms with Crippen LogP contribution >= 0.6 is 0 Å². The smallest absolute Gasteiger partial charge is 0.00204 e. The first-order chi connectivity index (χ1) is 8.22. The lowest BCUT2D eigenvalue weighted by Gasteiger charge is -2.21. The zero-order chi connectivity index (χ0) is 12.5. The molecule has 1 atom stereocenters. The number of rotatable bonds is 9. The van der Waals surface area contributed by atoms with Gasteiger partial charge in [-0.1, -0.05) is 52.9 Å². The quantitative estimate of drug-likeness (QED) is 0.579. The van der Waals surface area contributed by atoms with E-state index in [1.54, 1.807) is 0 Å². The van der Waals surface area contributed by atoms with Crippen LogP contribution in [0.1, 0.15) is 72.1 Å². The monoisotopic (exact) mass is 239 g/mol. The molecule has 1 unspecified atom stereocenters. The fraction of sp³-hybridized carbons (Fsp3) is 1.00. The van der Waals surface area contributed by atoms with Gasteiger partial charge in [0, 0.05) is 0 Å². The third-order valence-corrected chi connectivity index (χ3v) is 4.12. The maximum atomic E-state index is 3.62. The van der Waals surface area contributed by atoms with Gasteiger partial charge in [0.25, 0.3) is 0 Å². The first-order valence-electron chi connectivity index (χ1n) is 7.93. The van der Waals surface area contributed by atoms with Crippen LogP contribution in [0.5, 0.6) is 0 Å². The summed E-state index contributed by atoms with van der Waals surface area (Å²) < 4.78 is 0. The lowest BCUT2D eigenvalue weighted by Crippen LogP contribution is -2.25. The van der Waals surface area contributed by atoms with E-state index in [0.717, 1.165) is 17.8 Å². The highest BCUT2D eigenvalue weighted by molar-refractivity contribution is 4.71. The van der Waals surface area contributed by atoms with E-state index in [4.69, 9.17) is 0 Å². The van der Waals surface area contributed by atoms with Crippen molar-refractivity contribution in [2.45, 2.75) is 72.1 Å². The Hall–Kier alpha value is -0.0400. The minimum absolute atomic E-state index is 0.854. The second kappa shape index (κ2) is 8.97. The highest BCUT2D eigenvalue weighted by Gasteiger charge is 2.17. The van der Waals surface area contributed by atoms with E-state index < -0.39 is 0 Å². The van der Waals surface area contributed by atoms with Crippen LogP contribution in [0.15, 0.2) is 0 Å². The van der Waals surface area contributed by atoms with E-state index in [-0.39, 0.29) is 0 Å². The second-order valence-electron chi connectivity index (χ2n) is 6.43. The fourth-order valence-corrected chi connectivity index (χ4v) is 3.22. The molecule has 1 aliphatic carbocycles. The van der Waals surface area contributed by atoms with Gasteiger partial charge in [0.1, 0.15) is 0 Å². The van der Waals surface area contributed by atoms with Gasteiger partial charge in [-0.25, -0.2) is 0 Å². The Morgan fingerprint density at radius 3 is 2.47 bits per heavy atom. The Morgan fingerprint density at radius 1 is 1.18 bits per heavy atom. The third-order valence-electron chi connectivity index (χ3n) is 4.12. The first-order valence-corrected chi connectivity index (χ1v) is 7.93. The minimum atomic E-state index is 0.854. The topological polar surface area (TPSA) is 12.0 Å². The average Bonchev–Trinajstić information content (AvgIpc) is 2.78. The Morgan fingerprint density at radius 2 is 1.88 bits per heavy atom. The van der Waals surface area contributed by atoms with E-state index in [1.807, 2.05) is 0 Å². The van der Waals surface area contributed by atoms with Gasteiger partial charge >= 0.3 is 0 Å². The summed E-state index contributed by atoms with van der Waals surface area (Å²) in [6, 6.07) is 0. The summed E-state index contributed by atoms with van der Waals surface area (Å²) in [5, 5.41) is 3.62. The summed E-state index contributed by atoms with van der Waals surface area (Å²) in [4.78, 5) is 0. The van der Waals surface area contributed by atoms with Gasteiger partial charge in [0.05, 0.1) is 0 Å². The molecule has 0 radical (unpaired) electrons. The van der Waals surface area contributed by atoms with Gasteiger partial charge in [-0.15, -0.1) is 0 Å². The SMILES string of the molecule is CCCNCC(CCC1CCCC1)CC(C)C. The van der Waals surface area contributed by atoms with Crippen molar-refractivity contribution in [3.63, 3.8) is 0 Å². The van der Waals surface area contributed by atoms with Gasteiger partial charge in [-0.3, -0.25) is 0 Å². The van der Waals surface area contributed by atoms with Crippen molar-refractivity contribution in [1.29, 1.82) is 0 Å². The van der Waals surface area contributed by atoms with Crippen molar-refractivity contribution >= 4 is 0 Å². The molecule has 1 rings (SSSR count). The van der Waals surface area contributed by atoms with Crippen molar-refractivity contribution < 1.29 is 0 Å². The lowest BCUT2D eigenvalue weighted by atomic mass is 9.89. The van der Waals surface area contributed by atoms with Crippen LogP contribution in [0.2, 0.25) is 0 Å². The third kappa shape index (κ3) is 7.08. The molecule has 0 aromatic heterocycles. The first kappa shape index (κ1) is 15.0. The zero-order valence-electron chi connectivity index (χ0n) is 12.3. The zero-order valence-corrected chi connectivity index (χ0v) is 12.3. The molecular formula is C16H33N. The predicted octanol–water partition coefficient (Wildman–Crippen LogP) is 4.62. The number of hydrogen-bond donors (Lipinski definition) is 1. The number of nitrogens with one attached hydrogen (secondary N) is 1. The van der Waals surface area contributed by atoms with E-state index in [9.17, 15) is 0 Å². The molecule has 1 saturated carbocycles. The summed E-state index contributed by atoms with van der Waals surface area (Å²) in [5.41, 5.74) is 0. The van der Waals surface area contributed by atoms with Crippen LogP contribution in [-0.4, -0.2) is 13.1 Å². The van der Waals surface area contributed by atoms with Crippen molar-refractivity contribution in [1.82, 2.24) is 5.32 Å². The molecule has 0 aromatic carbocycles. The standard InChI is InChI=1S/C16H33N/c1-4-11-17-13-16(12-14(2)3)10-9-15-7-5-6-8-15/h14-17H,4-13H2,1-3H3. The van der Waals surface area contributed by atoms with Crippen LogP contribution in [0.4, 0.5) is 0 Å². The van der Waals surface area contributed by atoms with Crippen LogP contribution in [0.3, 0.4) is 0 Å². The number of hydrogen-bond acceptors (Lipinski definition) is 1. The Labute approximate surface area is 109 Å².